The van der Waals surface area contributed by atoms with Crippen LogP contribution in [0, 0.1) is 5.82 Å². The van der Waals surface area contributed by atoms with Crippen LogP contribution >= 0.6 is 0 Å². The zero-order valence-corrected chi connectivity index (χ0v) is 20.7. The van der Waals surface area contributed by atoms with Gasteiger partial charge in [0, 0.05) is 24.7 Å². The molecule has 3 aromatic rings. The number of nitrogens with two attached hydrogens (primary N) is 1. The van der Waals surface area contributed by atoms with Crippen LogP contribution in [-0.2, 0) is 18.3 Å². The Balaban J connectivity index is 1.87. The first-order valence-corrected chi connectivity index (χ1v) is 11.8. The molecule has 9 nitrogen and oxygen atoms in total. The third-order valence-electron chi connectivity index (χ3n) is 6.39. The van der Waals surface area contributed by atoms with Crippen LogP contribution in [0.4, 0.5) is 36.4 Å². The van der Waals surface area contributed by atoms with Crippen molar-refractivity contribution in [2.24, 2.45) is 0 Å². The molecule has 1 atom stereocenters. The summed E-state index contributed by atoms with van der Waals surface area (Å²) in [5, 5.41) is 17.1. The Bertz CT molecular complexity index is 1410. The summed E-state index contributed by atoms with van der Waals surface area (Å²) in [5.41, 5.74) is -2.03. The van der Waals surface area contributed by atoms with E-state index in [1.807, 2.05) is 0 Å². The zero-order chi connectivity index (χ0) is 29.5. The van der Waals surface area contributed by atoms with Crippen LogP contribution in [0.3, 0.4) is 0 Å². The zero-order valence-electron chi connectivity index (χ0n) is 20.7. The van der Waals surface area contributed by atoms with Crippen molar-refractivity contribution >= 4 is 11.6 Å². The smallest absolute Gasteiger partial charge is 0.426 e. The fraction of sp³-hybridized carbons (Fsp3) is 0.417. The molecule has 1 aromatic carbocycles. The maximum Gasteiger partial charge on any atom is 0.426 e. The summed E-state index contributed by atoms with van der Waals surface area (Å²) in [5.74, 6) is -3.98. The van der Waals surface area contributed by atoms with E-state index in [-0.39, 0.29) is 37.1 Å². The number of aromatic nitrogens is 3. The molecule has 0 spiro atoms. The predicted molar refractivity (Wildman–Crippen MR) is 123 cm³/mol. The Kier molecular flexibility index (Phi) is 7.66. The molecule has 0 aliphatic carbocycles. The number of benzene rings is 1. The van der Waals surface area contributed by atoms with Gasteiger partial charge in [0.05, 0.1) is 18.4 Å². The van der Waals surface area contributed by atoms with Crippen LogP contribution in [0.1, 0.15) is 53.2 Å². The maximum absolute atomic E-state index is 14.7. The highest BCUT2D eigenvalue weighted by Gasteiger charge is 2.58. The fourth-order valence-corrected chi connectivity index (χ4v) is 4.19. The lowest BCUT2D eigenvalue weighted by molar-refractivity contribution is -0.277. The first-order valence-electron chi connectivity index (χ1n) is 11.8. The second kappa shape index (κ2) is 10.6. The Hall–Kier alpha value is -3.95. The number of aliphatic hydroxyl groups is 1. The van der Waals surface area contributed by atoms with Gasteiger partial charge in [0.15, 0.2) is 5.69 Å². The molecule has 3 heterocycles. The quantitative estimate of drug-likeness (QED) is 0.423. The van der Waals surface area contributed by atoms with Crippen molar-refractivity contribution in [1.29, 1.82) is 0 Å². The monoisotopic (exact) mass is 577 g/mol. The molecule has 1 aliphatic rings. The van der Waals surface area contributed by atoms with Crippen molar-refractivity contribution in [2.45, 2.75) is 50.2 Å². The molecule has 2 aromatic heterocycles. The van der Waals surface area contributed by atoms with Gasteiger partial charge in [-0.1, -0.05) is 12.5 Å². The van der Waals surface area contributed by atoms with E-state index in [0.717, 1.165) is 11.0 Å². The minimum atomic E-state index is -5.24. The van der Waals surface area contributed by atoms with E-state index >= 15 is 0 Å². The van der Waals surface area contributed by atoms with Gasteiger partial charge in [-0.3, -0.25) is 4.79 Å². The van der Waals surface area contributed by atoms with E-state index in [0.29, 0.717) is 6.07 Å². The fourth-order valence-electron chi connectivity index (χ4n) is 4.19. The van der Waals surface area contributed by atoms with E-state index in [1.54, 1.807) is 0 Å². The Morgan fingerprint density at radius 2 is 1.82 bits per heavy atom. The second-order valence-electron chi connectivity index (χ2n) is 9.09. The number of hydrogen-bond donors (Lipinski definition) is 2. The van der Waals surface area contributed by atoms with Gasteiger partial charge in [-0.25, -0.2) is 9.37 Å². The van der Waals surface area contributed by atoms with Crippen molar-refractivity contribution in [2.75, 3.05) is 19.4 Å². The molecule has 0 fully saturated rings. The standard InChI is InChI=1S/C24H22F7N5O4/c1-39-13-6-5-12(15(25)9-13)11-36-8-4-2-3-7-22(38,24(29,30)31)21-35-34-19(40-21)18-16(32)10-14(23(26,27)28)17(33-18)20(36)37/h5-6,9-10,38H,2-4,7-8,11,32H2,1H3/t22-/m1/s1. The number of fused-ring (bicyclic) bond motifs is 5. The third-order valence-corrected chi connectivity index (χ3v) is 6.39. The third kappa shape index (κ3) is 5.52. The number of nitrogen functional groups attached to an aromatic ring is 1. The highest BCUT2D eigenvalue weighted by atomic mass is 19.4. The average molecular weight is 577 g/mol. The predicted octanol–water partition coefficient (Wildman–Crippen LogP) is 4.85. The highest BCUT2D eigenvalue weighted by Crippen LogP contribution is 2.43. The lowest BCUT2D eigenvalue weighted by atomic mass is 9.95. The van der Waals surface area contributed by atoms with Crippen LogP contribution in [0.2, 0.25) is 0 Å². The highest BCUT2D eigenvalue weighted by molar-refractivity contribution is 5.95. The number of amides is 1. The summed E-state index contributed by atoms with van der Waals surface area (Å²) in [6.07, 6.45) is -11.5. The number of anilines is 1. The minimum absolute atomic E-state index is 0.000797. The van der Waals surface area contributed by atoms with Crippen LogP contribution in [0.15, 0.2) is 28.7 Å². The van der Waals surface area contributed by atoms with Crippen molar-refractivity contribution in [3.63, 3.8) is 0 Å². The number of nitrogens with zero attached hydrogens (tertiary/aromatic N) is 4. The van der Waals surface area contributed by atoms with Gasteiger partial charge in [-0.05, 0) is 31.4 Å². The number of halogens is 7. The molecule has 16 heteroatoms. The van der Waals surface area contributed by atoms with Crippen LogP contribution in [0.25, 0.3) is 11.6 Å². The number of rotatable bonds is 3. The summed E-state index contributed by atoms with van der Waals surface area (Å²) >= 11 is 0. The summed E-state index contributed by atoms with van der Waals surface area (Å²) in [7, 11) is 1.30. The number of hydrogen-bond acceptors (Lipinski definition) is 8. The Morgan fingerprint density at radius 1 is 1.10 bits per heavy atom. The molecule has 0 unspecified atom stereocenters. The van der Waals surface area contributed by atoms with Crippen molar-refractivity contribution < 1.29 is 49.8 Å². The summed E-state index contributed by atoms with van der Waals surface area (Å²) in [6.45, 7) is -0.767. The molecule has 3 N–H and O–H groups in total. The topological polar surface area (TPSA) is 128 Å². The molecular formula is C24H22F7N5O4. The Labute approximate surface area is 221 Å². The van der Waals surface area contributed by atoms with E-state index < -0.39 is 77.1 Å². The van der Waals surface area contributed by atoms with E-state index in [2.05, 4.69) is 15.2 Å². The SMILES string of the molecule is COc1ccc(CN2CCCCC[C@](O)(C(F)(F)F)c3nnc(o3)-c3nc(c(C(F)(F)F)cc3N)C2=O)c(F)c1. The lowest BCUT2D eigenvalue weighted by Gasteiger charge is -2.28. The van der Waals surface area contributed by atoms with Gasteiger partial charge in [0.2, 0.25) is 5.60 Å². The number of ether oxygens (including phenoxy) is 1. The molecule has 0 radical (unpaired) electrons. The van der Waals surface area contributed by atoms with E-state index in [1.165, 1.54) is 19.2 Å². The molecular weight excluding hydrogens is 555 g/mol. The number of carbonyl (C=O) groups is 1. The van der Waals surface area contributed by atoms with Crippen molar-refractivity contribution in [3.8, 4) is 17.3 Å². The molecule has 0 saturated carbocycles. The van der Waals surface area contributed by atoms with Crippen molar-refractivity contribution in [1.82, 2.24) is 20.1 Å². The largest absolute Gasteiger partial charge is 0.497 e. The number of alkyl halides is 6. The van der Waals surface area contributed by atoms with Gasteiger partial charge >= 0.3 is 12.4 Å². The van der Waals surface area contributed by atoms with E-state index in [4.69, 9.17) is 14.9 Å². The molecule has 1 aliphatic heterocycles. The first kappa shape index (κ1) is 29.0. The van der Waals surface area contributed by atoms with Gasteiger partial charge in [-0.2, -0.15) is 26.3 Å². The van der Waals surface area contributed by atoms with Gasteiger partial charge in [0.1, 0.15) is 17.3 Å². The number of pyridine rings is 1. The molecule has 1 amide bonds. The summed E-state index contributed by atoms with van der Waals surface area (Å²) in [4.78, 5) is 18.1. The van der Waals surface area contributed by atoms with Gasteiger partial charge in [-0.15, -0.1) is 10.2 Å². The second-order valence-corrected chi connectivity index (χ2v) is 9.09. The molecule has 0 saturated heterocycles. The molecule has 216 valence electrons. The van der Waals surface area contributed by atoms with Crippen molar-refractivity contribution in [3.05, 3.63) is 52.8 Å². The number of carbonyl (C=O) groups excluding carboxylic acids is 1. The average Bonchev–Trinajstić information content (AvgIpc) is 3.37. The Morgan fingerprint density at radius 3 is 2.45 bits per heavy atom. The normalized spacial score (nSPS) is 18.9. The van der Waals surface area contributed by atoms with Gasteiger partial charge < -0.3 is 24.9 Å². The summed E-state index contributed by atoms with van der Waals surface area (Å²) < 4.78 is 108. The van der Waals surface area contributed by atoms with Gasteiger partial charge in [0.25, 0.3) is 17.7 Å². The first-order chi connectivity index (χ1) is 18.7. The summed E-state index contributed by atoms with van der Waals surface area (Å²) in [6, 6.07) is 4.06. The minimum Gasteiger partial charge on any atom is -0.497 e. The molecule has 40 heavy (non-hydrogen) atoms. The molecule has 4 rings (SSSR count). The molecule has 4 bridgehead atoms. The van der Waals surface area contributed by atoms with Crippen LogP contribution < -0.4 is 10.5 Å². The van der Waals surface area contributed by atoms with Crippen LogP contribution in [-0.4, -0.2) is 50.9 Å². The van der Waals surface area contributed by atoms with Crippen LogP contribution in [0.5, 0.6) is 5.75 Å². The lowest BCUT2D eigenvalue weighted by Crippen LogP contribution is -2.42. The number of methoxy groups -OCH3 is 1. The van der Waals surface area contributed by atoms with E-state index in [9.17, 15) is 40.6 Å². The maximum atomic E-state index is 14.7.